The highest BCUT2D eigenvalue weighted by atomic mass is 35.5. The van der Waals surface area contributed by atoms with Crippen LogP contribution in [0.15, 0.2) is 36.4 Å². The summed E-state index contributed by atoms with van der Waals surface area (Å²) in [5, 5.41) is 3.29. The summed E-state index contributed by atoms with van der Waals surface area (Å²) in [7, 11) is 0. The number of rotatable bonds is 3. The first kappa shape index (κ1) is 15.1. The molecular weight excluding hydrogens is 340 g/mol. The van der Waals surface area contributed by atoms with Crippen LogP contribution in [0.4, 0.5) is 5.69 Å². The Bertz CT molecular complexity index is 782. The van der Waals surface area contributed by atoms with Gasteiger partial charge in [0.05, 0.1) is 11.8 Å². The lowest BCUT2D eigenvalue weighted by atomic mass is 9.63. The van der Waals surface area contributed by atoms with Gasteiger partial charge < -0.3 is 5.32 Å². The third kappa shape index (κ3) is 2.18. The number of imide groups is 1. The average Bonchev–Trinajstić information content (AvgIpc) is 3.38. The Morgan fingerprint density at radius 1 is 1.04 bits per heavy atom. The maximum Gasteiger partial charge on any atom is 0.244 e. The first-order valence-corrected chi connectivity index (χ1v) is 9.01. The summed E-state index contributed by atoms with van der Waals surface area (Å²) in [4.78, 5) is 39.1. The minimum Gasteiger partial charge on any atom is -0.325 e. The van der Waals surface area contributed by atoms with Crippen LogP contribution in [-0.2, 0) is 14.4 Å². The number of likely N-dealkylation sites (tertiary alicyclic amines) is 1. The molecule has 3 amide bonds. The van der Waals surface area contributed by atoms with Gasteiger partial charge in [0, 0.05) is 10.7 Å². The van der Waals surface area contributed by atoms with Crippen molar-refractivity contribution in [1.82, 2.24) is 4.90 Å². The molecule has 2 saturated carbocycles. The molecule has 1 heterocycles. The Labute approximate surface area is 150 Å². The van der Waals surface area contributed by atoms with Gasteiger partial charge in [-0.25, -0.2) is 0 Å². The number of halogens is 1. The summed E-state index contributed by atoms with van der Waals surface area (Å²) < 4.78 is 0. The molecule has 1 aromatic rings. The summed E-state index contributed by atoms with van der Waals surface area (Å²) in [6.07, 6.45) is 5.39. The topological polar surface area (TPSA) is 66.5 Å². The van der Waals surface area contributed by atoms with Gasteiger partial charge in [0.1, 0.15) is 6.54 Å². The molecule has 5 aliphatic rings. The van der Waals surface area contributed by atoms with Crippen LogP contribution >= 0.6 is 11.6 Å². The maximum absolute atomic E-state index is 12.8. The number of hydrogen-bond acceptors (Lipinski definition) is 3. The maximum atomic E-state index is 12.8. The van der Waals surface area contributed by atoms with Gasteiger partial charge in [-0.3, -0.25) is 19.3 Å². The first-order chi connectivity index (χ1) is 12.0. The number of nitrogens with zero attached hydrogens (tertiary/aromatic N) is 1. The Balaban J connectivity index is 1.32. The third-order valence-electron chi connectivity index (χ3n) is 6.18. The molecule has 2 bridgehead atoms. The van der Waals surface area contributed by atoms with E-state index in [2.05, 4.69) is 17.5 Å². The number of carbonyl (C=O) groups excluding carboxylic acids is 3. The molecule has 3 fully saturated rings. The normalized spacial score (nSPS) is 37.1. The van der Waals surface area contributed by atoms with Crippen LogP contribution in [0.1, 0.15) is 6.42 Å². The Kier molecular flexibility index (Phi) is 3.14. The molecule has 1 saturated heterocycles. The van der Waals surface area contributed by atoms with E-state index in [1.54, 1.807) is 24.3 Å². The summed E-state index contributed by atoms with van der Waals surface area (Å²) in [6, 6.07) is 6.72. The van der Waals surface area contributed by atoms with Gasteiger partial charge in [-0.15, -0.1) is 0 Å². The lowest BCUT2D eigenvalue weighted by Crippen LogP contribution is -2.40. The zero-order valence-corrected chi connectivity index (χ0v) is 14.1. The number of hydrogen-bond donors (Lipinski definition) is 1. The molecule has 1 aliphatic heterocycles. The third-order valence-corrected chi connectivity index (χ3v) is 6.44. The van der Waals surface area contributed by atoms with Gasteiger partial charge in [-0.05, 0) is 54.4 Å². The molecule has 0 spiro atoms. The summed E-state index contributed by atoms with van der Waals surface area (Å²) in [5.41, 5.74) is 0.592. The first-order valence-electron chi connectivity index (χ1n) is 8.63. The van der Waals surface area contributed by atoms with E-state index in [9.17, 15) is 14.4 Å². The lowest BCUT2D eigenvalue weighted by Gasteiger charge is -2.37. The molecule has 1 aromatic carbocycles. The molecule has 25 heavy (non-hydrogen) atoms. The standard InChI is InChI=1S/C19H17ClN2O3/c20-9-1-3-10(4-2-9)21-15(23)8-22-18(24)16-11-5-6-12(14-7-13(11)14)17(16)19(22)25/h1-6,11-14,16-17H,7-8H2,(H,21,23)/t11-,12-,13-,14-,16-,17+/m0/s1. The van der Waals surface area contributed by atoms with Crippen molar-refractivity contribution in [2.24, 2.45) is 35.5 Å². The van der Waals surface area contributed by atoms with Gasteiger partial charge >= 0.3 is 0 Å². The van der Waals surface area contributed by atoms with Crippen LogP contribution < -0.4 is 5.32 Å². The Hall–Kier alpha value is -2.14. The zero-order valence-electron chi connectivity index (χ0n) is 13.4. The number of carbonyl (C=O) groups is 3. The number of benzene rings is 1. The highest BCUT2D eigenvalue weighted by Crippen LogP contribution is 2.65. The second kappa shape index (κ2) is 5.18. The van der Waals surface area contributed by atoms with E-state index in [0.29, 0.717) is 22.5 Å². The largest absolute Gasteiger partial charge is 0.325 e. The number of anilines is 1. The summed E-state index contributed by atoms with van der Waals surface area (Å²) in [6.45, 7) is -0.220. The van der Waals surface area contributed by atoms with Gasteiger partial charge in [-0.1, -0.05) is 23.8 Å². The highest BCUT2D eigenvalue weighted by Gasteiger charge is 2.67. The second-order valence-electron chi connectivity index (χ2n) is 7.47. The van der Waals surface area contributed by atoms with E-state index in [0.717, 1.165) is 6.42 Å². The van der Waals surface area contributed by atoms with E-state index in [-0.39, 0.29) is 47.9 Å². The fraction of sp³-hybridized carbons (Fsp3) is 0.421. The van der Waals surface area contributed by atoms with E-state index in [1.807, 2.05) is 0 Å². The molecule has 0 radical (unpaired) electrons. The molecule has 4 aliphatic carbocycles. The number of nitrogens with one attached hydrogen (secondary N) is 1. The quantitative estimate of drug-likeness (QED) is 0.667. The molecule has 0 aromatic heterocycles. The minimum atomic E-state index is -0.367. The summed E-state index contributed by atoms with van der Waals surface area (Å²) >= 11 is 5.83. The van der Waals surface area contributed by atoms with Crippen LogP contribution in [0.2, 0.25) is 5.02 Å². The Morgan fingerprint density at radius 2 is 1.60 bits per heavy atom. The van der Waals surface area contributed by atoms with E-state index < -0.39 is 0 Å². The SMILES string of the molecule is O=C(CN1C(=O)[C@@H]2[C@H]3C=C[C@@H]([C@@H]4C[C@@H]34)[C@@H]2C1=O)Nc1ccc(Cl)cc1. The molecule has 5 nitrogen and oxygen atoms in total. The average molecular weight is 357 g/mol. The minimum absolute atomic E-state index is 0.175. The predicted octanol–water partition coefficient (Wildman–Crippen LogP) is 2.33. The van der Waals surface area contributed by atoms with Crippen molar-refractivity contribution in [2.75, 3.05) is 11.9 Å². The molecule has 1 N–H and O–H groups in total. The van der Waals surface area contributed by atoms with Crippen molar-refractivity contribution < 1.29 is 14.4 Å². The van der Waals surface area contributed by atoms with Gasteiger partial charge in [0.25, 0.3) is 0 Å². The van der Waals surface area contributed by atoms with Crippen molar-refractivity contribution in [3.63, 3.8) is 0 Å². The lowest BCUT2D eigenvalue weighted by molar-refractivity contribution is -0.142. The van der Waals surface area contributed by atoms with Crippen LogP contribution in [0.25, 0.3) is 0 Å². The van der Waals surface area contributed by atoms with E-state index >= 15 is 0 Å². The van der Waals surface area contributed by atoms with Crippen LogP contribution in [0.3, 0.4) is 0 Å². The van der Waals surface area contributed by atoms with Crippen molar-refractivity contribution in [3.8, 4) is 0 Å². The van der Waals surface area contributed by atoms with Gasteiger partial charge in [-0.2, -0.15) is 0 Å². The molecule has 6 rings (SSSR count). The molecule has 0 unspecified atom stereocenters. The van der Waals surface area contributed by atoms with Crippen molar-refractivity contribution in [3.05, 3.63) is 41.4 Å². The fourth-order valence-corrected chi connectivity index (χ4v) is 5.18. The van der Waals surface area contributed by atoms with Crippen LogP contribution in [0, 0.1) is 35.5 Å². The predicted molar refractivity (Wildman–Crippen MR) is 91.5 cm³/mol. The smallest absolute Gasteiger partial charge is 0.244 e. The van der Waals surface area contributed by atoms with Crippen LogP contribution in [-0.4, -0.2) is 29.2 Å². The zero-order chi connectivity index (χ0) is 17.3. The van der Waals surface area contributed by atoms with Crippen molar-refractivity contribution in [1.29, 1.82) is 0 Å². The molecule has 6 atom stereocenters. The number of allylic oxidation sites excluding steroid dienone is 2. The summed E-state index contributed by atoms with van der Waals surface area (Å²) in [5.74, 6) is 0.266. The molecular formula is C19H17ClN2O3. The van der Waals surface area contributed by atoms with Crippen LogP contribution in [0.5, 0.6) is 0 Å². The van der Waals surface area contributed by atoms with Crippen molar-refractivity contribution >= 4 is 35.0 Å². The van der Waals surface area contributed by atoms with Gasteiger partial charge in [0.2, 0.25) is 17.7 Å². The Morgan fingerprint density at radius 3 is 2.16 bits per heavy atom. The van der Waals surface area contributed by atoms with E-state index in [4.69, 9.17) is 11.6 Å². The second-order valence-corrected chi connectivity index (χ2v) is 7.91. The van der Waals surface area contributed by atoms with Crippen molar-refractivity contribution in [2.45, 2.75) is 6.42 Å². The molecule has 6 heteroatoms. The monoisotopic (exact) mass is 356 g/mol. The van der Waals surface area contributed by atoms with E-state index in [1.165, 1.54) is 4.90 Å². The van der Waals surface area contributed by atoms with Gasteiger partial charge in [0.15, 0.2) is 0 Å². The highest BCUT2D eigenvalue weighted by molar-refractivity contribution is 6.30. The molecule has 128 valence electrons. The fourth-order valence-electron chi connectivity index (χ4n) is 5.05. The number of amides is 3.